The van der Waals surface area contributed by atoms with Gasteiger partial charge in [0, 0.05) is 37.4 Å². The molecule has 0 aromatic heterocycles. The maximum Gasteiger partial charge on any atom is 0.233 e. The van der Waals surface area contributed by atoms with Gasteiger partial charge in [0.05, 0.1) is 25.0 Å². The predicted molar refractivity (Wildman–Crippen MR) is 105 cm³/mol. The van der Waals surface area contributed by atoms with E-state index in [1.807, 2.05) is 24.3 Å². The van der Waals surface area contributed by atoms with Crippen LogP contribution in [0.2, 0.25) is 0 Å². The first kappa shape index (κ1) is 18.9. The van der Waals surface area contributed by atoms with Crippen LogP contribution in [0.4, 0.5) is 11.4 Å². The Morgan fingerprint density at radius 2 is 1.61 bits per heavy atom. The third-order valence-electron chi connectivity index (χ3n) is 6.02. The lowest BCUT2D eigenvalue weighted by molar-refractivity contribution is -0.140. The number of nitrogens with one attached hydrogen (secondary N) is 1. The minimum atomic E-state index is -0.186. The highest BCUT2D eigenvalue weighted by atomic mass is 16.5. The monoisotopic (exact) mass is 385 g/mol. The maximum atomic E-state index is 12.5. The second-order valence-electron chi connectivity index (χ2n) is 7.77. The fraction of sp³-hybridized carbons (Fsp3) is 0.571. The summed E-state index contributed by atoms with van der Waals surface area (Å²) in [6, 6.07) is 7.73. The van der Waals surface area contributed by atoms with Crippen LogP contribution in [0.25, 0.3) is 0 Å². The van der Waals surface area contributed by atoms with Crippen LogP contribution in [0.3, 0.4) is 0 Å². The van der Waals surface area contributed by atoms with E-state index in [1.165, 1.54) is 4.90 Å². The molecule has 150 valence electrons. The number of benzene rings is 1. The van der Waals surface area contributed by atoms with Crippen LogP contribution >= 0.6 is 0 Å². The highest BCUT2D eigenvalue weighted by Crippen LogP contribution is 2.38. The molecule has 1 aromatic carbocycles. The third kappa shape index (κ3) is 3.90. The molecule has 3 fully saturated rings. The Labute approximate surface area is 165 Å². The lowest BCUT2D eigenvalue weighted by Crippen LogP contribution is -2.36. The van der Waals surface area contributed by atoms with Crippen molar-refractivity contribution in [2.45, 2.75) is 32.1 Å². The number of carbonyl (C=O) groups is 3. The third-order valence-corrected chi connectivity index (χ3v) is 6.02. The average molecular weight is 385 g/mol. The lowest BCUT2D eigenvalue weighted by Gasteiger charge is -2.28. The van der Waals surface area contributed by atoms with E-state index in [-0.39, 0.29) is 42.5 Å². The van der Waals surface area contributed by atoms with Crippen LogP contribution in [0.15, 0.2) is 24.3 Å². The van der Waals surface area contributed by atoms with E-state index >= 15 is 0 Å². The number of fused-ring (bicyclic) bond motifs is 1. The van der Waals surface area contributed by atoms with Gasteiger partial charge in [-0.15, -0.1) is 0 Å². The van der Waals surface area contributed by atoms with Crippen molar-refractivity contribution < 1.29 is 19.1 Å². The molecule has 4 rings (SSSR count). The van der Waals surface area contributed by atoms with Crippen LogP contribution in [-0.2, 0) is 19.1 Å². The molecule has 1 saturated carbocycles. The van der Waals surface area contributed by atoms with Gasteiger partial charge >= 0.3 is 0 Å². The number of carbonyl (C=O) groups excluding carboxylic acids is 3. The number of anilines is 2. The van der Waals surface area contributed by atoms with Gasteiger partial charge in [0.15, 0.2) is 0 Å². The van der Waals surface area contributed by atoms with Crippen LogP contribution in [0.1, 0.15) is 32.1 Å². The summed E-state index contributed by atoms with van der Waals surface area (Å²) in [7, 11) is 0. The van der Waals surface area contributed by atoms with Crippen LogP contribution in [-0.4, -0.2) is 55.5 Å². The van der Waals surface area contributed by atoms with E-state index in [0.29, 0.717) is 0 Å². The zero-order valence-electron chi connectivity index (χ0n) is 16.1. The van der Waals surface area contributed by atoms with Gasteiger partial charge < -0.3 is 15.0 Å². The van der Waals surface area contributed by atoms with Crippen molar-refractivity contribution in [3.8, 4) is 0 Å². The number of hydrogen-bond donors (Lipinski definition) is 1. The molecule has 1 aliphatic carbocycles. The number of imide groups is 1. The average Bonchev–Trinajstić information content (AvgIpc) is 2.98. The van der Waals surface area contributed by atoms with Crippen molar-refractivity contribution in [3.63, 3.8) is 0 Å². The van der Waals surface area contributed by atoms with Crippen molar-refractivity contribution in [2.75, 3.05) is 43.1 Å². The number of amides is 3. The van der Waals surface area contributed by atoms with Gasteiger partial charge in [-0.3, -0.25) is 19.3 Å². The smallest absolute Gasteiger partial charge is 0.233 e. The van der Waals surface area contributed by atoms with Gasteiger partial charge in [-0.1, -0.05) is 12.8 Å². The van der Waals surface area contributed by atoms with Crippen molar-refractivity contribution >= 4 is 29.1 Å². The molecule has 2 atom stereocenters. The first-order valence-corrected chi connectivity index (χ1v) is 10.2. The fourth-order valence-corrected chi connectivity index (χ4v) is 4.47. The quantitative estimate of drug-likeness (QED) is 0.785. The molecule has 1 aromatic rings. The second kappa shape index (κ2) is 8.31. The summed E-state index contributed by atoms with van der Waals surface area (Å²) < 4.78 is 5.36. The molecule has 3 aliphatic rings. The number of morpholine rings is 1. The Bertz CT molecular complexity index is 719. The van der Waals surface area contributed by atoms with Crippen LogP contribution in [0.5, 0.6) is 0 Å². The standard InChI is InChI=1S/C21H27N3O4/c25-19(9-10-24-20(26)17-3-1-2-4-18(17)21(24)27)22-15-5-7-16(8-6-15)23-11-13-28-14-12-23/h5-8,17-18H,1-4,9-14H2,(H,22,25)/t17-,18+. The van der Waals surface area contributed by atoms with Gasteiger partial charge in [0.1, 0.15) is 0 Å². The summed E-state index contributed by atoms with van der Waals surface area (Å²) in [5, 5.41) is 2.86. The van der Waals surface area contributed by atoms with Gasteiger partial charge in [-0.05, 0) is 37.1 Å². The number of likely N-dealkylation sites (tertiary alicyclic amines) is 1. The van der Waals surface area contributed by atoms with Gasteiger partial charge in [0.25, 0.3) is 0 Å². The highest BCUT2D eigenvalue weighted by molar-refractivity contribution is 6.05. The molecule has 2 heterocycles. The normalized spacial score (nSPS) is 25.0. The van der Waals surface area contributed by atoms with Crippen LogP contribution < -0.4 is 10.2 Å². The summed E-state index contributed by atoms with van der Waals surface area (Å²) in [5.74, 6) is -0.668. The minimum absolute atomic E-state index is 0.0858. The Balaban J connectivity index is 1.28. The summed E-state index contributed by atoms with van der Waals surface area (Å²) in [6.45, 7) is 3.36. The van der Waals surface area contributed by atoms with Gasteiger partial charge in [-0.2, -0.15) is 0 Å². The van der Waals surface area contributed by atoms with Crippen molar-refractivity contribution in [1.29, 1.82) is 0 Å². The number of rotatable bonds is 5. The molecular formula is C21H27N3O4. The van der Waals surface area contributed by atoms with Gasteiger partial charge in [0.2, 0.25) is 17.7 Å². The molecule has 2 saturated heterocycles. The molecular weight excluding hydrogens is 358 g/mol. The predicted octanol–water partition coefficient (Wildman–Crippen LogP) is 2.03. The molecule has 0 spiro atoms. The summed E-state index contributed by atoms with van der Waals surface area (Å²) in [4.78, 5) is 40.8. The molecule has 0 unspecified atom stereocenters. The van der Waals surface area contributed by atoms with E-state index in [1.54, 1.807) is 0 Å². The van der Waals surface area contributed by atoms with E-state index < -0.39 is 0 Å². The van der Waals surface area contributed by atoms with E-state index in [9.17, 15) is 14.4 Å². The summed E-state index contributed by atoms with van der Waals surface area (Å²) in [6.07, 6.45) is 3.74. The molecule has 7 heteroatoms. The molecule has 2 aliphatic heterocycles. The zero-order chi connectivity index (χ0) is 19.5. The first-order valence-electron chi connectivity index (χ1n) is 10.2. The zero-order valence-corrected chi connectivity index (χ0v) is 16.1. The van der Waals surface area contributed by atoms with Gasteiger partial charge in [-0.25, -0.2) is 0 Å². The highest BCUT2D eigenvalue weighted by Gasteiger charge is 2.47. The van der Waals surface area contributed by atoms with E-state index in [2.05, 4.69) is 10.2 Å². The molecule has 3 amide bonds. The molecule has 28 heavy (non-hydrogen) atoms. The maximum absolute atomic E-state index is 12.5. The largest absolute Gasteiger partial charge is 0.378 e. The fourth-order valence-electron chi connectivity index (χ4n) is 4.47. The van der Waals surface area contributed by atoms with Crippen molar-refractivity contribution in [1.82, 2.24) is 4.90 Å². The second-order valence-corrected chi connectivity index (χ2v) is 7.77. The lowest BCUT2D eigenvalue weighted by atomic mass is 9.81. The molecule has 0 radical (unpaired) electrons. The number of ether oxygens (including phenoxy) is 1. The van der Waals surface area contributed by atoms with Crippen LogP contribution in [0, 0.1) is 11.8 Å². The topological polar surface area (TPSA) is 79.0 Å². The number of hydrogen-bond acceptors (Lipinski definition) is 5. The Morgan fingerprint density at radius 1 is 1.00 bits per heavy atom. The first-order chi connectivity index (χ1) is 13.6. The minimum Gasteiger partial charge on any atom is -0.378 e. The summed E-state index contributed by atoms with van der Waals surface area (Å²) >= 11 is 0. The number of nitrogens with zero attached hydrogens (tertiary/aromatic N) is 2. The van der Waals surface area contributed by atoms with E-state index in [4.69, 9.17) is 4.74 Å². The Kier molecular flexibility index (Phi) is 5.62. The van der Waals surface area contributed by atoms with Crippen molar-refractivity contribution in [3.05, 3.63) is 24.3 Å². The summed E-state index contributed by atoms with van der Waals surface area (Å²) in [5.41, 5.74) is 1.83. The Morgan fingerprint density at radius 3 is 2.21 bits per heavy atom. The van der Waals surface area contributed by atoms with E-state index in [0.717, 1.165) is 63.4 Å². The SMILES string of the molecule is O=C(CCN1C(=O)[C@H]2CCCC[C@H]2C1=O)Nc1ccc(N2CCOCC2)cc1. The molecule has 0 bridgehead atoms. The molecule has 7 nitrogen and oxygen atoms in total. The molecule has 1 N–H and O–H groups in total. The Hall–Kier alpha value is -2.41. The van der Waals surface area contributed by atoms with Crippen molar-refractivity contribution in [2.24, 2.45) is 11.8 Å².